The summed E-state index contributed by atoms with van der Waals surface area (Å²) in [6, 6.07) is 3.55. The second-order valence-corrected chi connectivity index (χ2v) is 7.07. The molecule has 0 aliphatic carbocycles. The Bertz CT molecular complexity index is 606. The molecule has 6 nitrogen and oxygen atoms in total. The van der Waals surface area contributed by atoms with E-state index in [1.165, 1.54) is 0 Å². The fourth-order valence-corrected chi connectivity index (χ4v) is 3.71. The Morgan fingerprint density at radius 1 is 1.52 bits per heavy atom. The minimum atomic E-state index is -0.336. The van der Waals surface area contributed by atoms with Gasteiger partial charge in [-0.3, -0.25) is 14.6 Å². The number of amides is 2. The van der Waals surface area contributed by atoms with E-state index in [1.807, 2.05) is 17.0 Å². The molecule has 3 atom stereocenters. The van der Waals surface area contributed by atoms with Gasteiger partial charge < -0.3 is 15.5 Å². The molecule has 0 saturated carbocycles. The van der Waals surface area contributed by atoms with Crippen LogP contribution in [0.3, 0.4) is 0 Å². The minimum Gasteiger partial charge on any atom is -0.342 e. The quantitative estimate of drug-likeness (QED) is 0.894. The Labute approximate surface area is 136 Å². The molecule has 2 saturated heterocycles. The van der Waals surface area contributed by atoms with E-state index >= 15 is 0 Å². The van der Waals surface area contributed by atoms with E-state index < -0.39 is 0 Å². The van der Waals surface area contributed by atoms with Crippen molar-refractivity contribution < 1.29 is 9.59 Å². The summed E-state index contributed by atoms with van der Waals surface area (Å²) in [7, 11) is 1.77. The zero-order chi connectivity index (χ0) is 16.6. The van der Waals surface area contributed by atoms with Gasteiger partial charge in [-0.1, -0.05) is 13.0 Å². The molecule has 0 spiro atoms. The number of rotatable bonds is 3. The third-order valence-corrected chi connectivity index (χ3v) is 5.29. The molecule has 6 heteroatoms. The molecule has 2 amide bonds. The van der Waals surface area contributed by atoms with Crippen molar-refractivity contribution in [1.29, 1.82) is 0 Å². The van der Waals surface area contributed by atoms with Gasteiger partial charge in [-0.2, -0.15) is 0 Å². The molecule has 2 fully saturated rings. The van der Waals surface area contributed by atoms with Gasteiger partial charge in [0.15, 0.2) is 0 Å². The van der Waals surface area contributed by atoms with Crippen LogP contribution in [-0.4, -0.2) is 53.3 Å². The van der Waals surface area contributed by atoms with Crippen molar-refractivity contribution >= 4 is 11.8 Å². The van der Waals surface area contributed by atoms with Gasteiger partial charge in [0.25, 0.3) is 0 Å². The Morgan fingerprint density at radius 3 is 2.91 bits per heavy atom. The van der Waals surface area contributed by atoms with Crippen LogP contribution < -0.4 is 5.73 Å². The molecule has 3 heterocycles. The van der Waals surface area contributed by atoms with Crippen LogP contribution in [0.1, 0.15) is 31.4 Å². The van der Waals surface area contributed by atoms with Crippen LogP contribution in [0.5, 0.6) is 0 Å². The number of hydrogen-bond donors (Lipinski definition) is 1. The van der Waals surface area contributed by atoms with Crippen LogP contribution in [-0.2, 0) is 9.59 Å². The molecule has 1 aromatic rings. The number of carbonyl (C=O) groups excluding carboxylic acids is 2. The van der Waals surface area contributed by atoms with E-state index in [-0.39, 0.29) is 35.6 Å². The largest absolute Gasteiger partial charge is 0.342 e. The summed E-state index contributed by atoms with van der Waals surface area (Å²) >= 11 is 0. The molecule has 0 bridgehead atoms. The molecule has 1 aromatic heterocycles. The van der Waals surface area contributed by atoms with E-state index in [0.717, 1.165) is 18.5 Å². The second-order valence-electron chi connectivity index (χ2n) is 7.07. The van der Waals surface area contributed by atoms with Gasteiger partial charge in [0.2, 0.25) is 11.8 Å². The molecule has 2 N–H and O–H groups in total. The van der Waals surface area contributed by atoms with Crippen molar-refractivity contribution in [3.63, 3.8) is 0 Å². The first kappa shape index (κ1) is 15.9. The van der Waals surface area contributed by atoms with Crippen molar-refractivity contribution in [3.05, 3.63) is 30.1 Å². The summed E-state index contributed by atoms with van der Waals surface area (Å²) < 4.78 is 0. The molecule has 124 valence electrons. The van der Waals surface area contributed by atoms with Crippen LogP contribution >= 0.6 is 0 Å². The van der Waals surface area contributed by atoms with Gasteiger partial charge in [0, 0.05) is 39.0 Å². The molecular weight excluding hydrogens is 292 g/mol. The van der Waals surface area contributed by atoms with Crippen LogP contribution in [0.4, 0.5) is 0 Å². The molecule has 23 heavy (non-hydrogen) atoms. The predicted molar refractivity (Wildman–Crippen MR) is 86.2 cm³/mol. The van der Waals surface area contributed by atoms with Crippen molar-refractivity contribution in [1.82, 2.24) is 14.8 Å². The number of aromatic nitrogens is 1. The first-order chi connectivity index (χ1) is 10.9. The predicted octanol–water partition coefficient (Wildman–Crippen LogP) is 0.798. The van der Waals surface area contributed by atoms with Crippen molar-refractivity contribution in [2.75, 3.05) is 26.7 Å². The number of pyridine rings is 1. The van der Waals surface area contributed by atoms with Gasteiger partial charge in [-0.05, 0) is 30.0 Å². The summed E-state index contributed by atoms with van der Waals surface area (Å²) in [6.07, 6.45) is 4.63. The van der Waals surface area contributed by atoms with E-state index in [1.54, 1.807) is 24.3 Å². The second kappa shape index (κ2) is 5.92. The van der Waals surface area contributed by atoms with Crippen LogP contribution in [0.15, 0.2) is 24.5 Å². The number of carbonyl (C=O) groups is 2. The molecule has 0 aromatic carbocycles. The fourth-order valence-electron chi connectivity index (χ4n) is 3.71. The van der Waals surface area contributed by atoms with Crippen molar-refractivity contribution in [2.24, 2.45) is 17.1 Å². The van der Waals surface area contributed by atoms with Crippen molar-refractivity contribution in [2.45, 2.75) is 25.8 Å². The molecule has 2 aliphatic heterocycles. The Morgan fingerprint density at radius 2 is 2.30 bits per heavy atom. The highest BCUT2D eigenvalue weighted by molar-refractivity contribution is 5.90. The zero-order valence-corrected chi connectivity index (χ0v) is 13.7. The van der Waals surface area contributed by atoms with Crippen LogP contribution in [0.2, 0.25) is 0 Å². The first-order valence-electron chi connectivity index (χ1n) is 8.10. The van der Waals surface area contributed by atoms with Crippen LogP contribution in [0.25, 0.3) is 0 Å². The highest BCUT2D eigenvalue weighted by atomic mass is 16.2. The topological polar surface area (TPSA) is 79.5 Å². The number of likely N-dealkylation sites (tertiary alicyclic amines) is 2. The lowest BCUT2D eigenvalue weighted by atomic mass is 9.90. The molecule has 3 rings (SSSR count). The SMILES string of the molecule is CN1C(=O)CC(C(=O)N2CCC(C)(CN)C2)C1c1cccnc1. The summed E-state index contributed by atoms with van der Waals surface area (Å²) in [4.78, 5) is 32.9. The van der Waals surface area contributed by atoms with E-state index in [9.17, 15) is 9.59 Å². The van der Waals surface area contributed by atoms with Gasteiger partial charge in [0.1, 0.15) is 0 Å². The van der Waals surface area contributed by atoms with Crippen LogP contribution in [0, 0.1) is 11.3 Å². The highest BCUT2D eigenvalue weighted by Gasteiger charge is 2.46. The highest BCUT2D eigenvalue weighted by Crippen LogP contribution is 2.39. The van der Waals surface area contributed by atoms with E-state index in [0.29, 0.717) is 13.1 Å². The summed E-state index contributed by atoms with van der Waals surface area (Å²) in [5.41, 5.74) is 6.75. The lowest BCUT2D eigenvalue weighted by molar-refractivity contribution is -0.135. The third kappa shape index (κ3) is 2.83. The number of nitrogens with zero attached hydrogens (tertiary/aromatic N) is 3. The lowest BCUT2D eigenvalue weighted by Crippen LogP contribution is -2.39. The Hall–Kier alpha value is -1.95. The monoisotopic (exact) mass is 316 g/mol. The molecular formula is C17H24N4O2. The van der Waals surface area contributed by atoms with Crippen molar-refractivity contribution in [3.8, 4) is 0 Å². The van der Waals surface area contributed by atoms with Gasteiger partial charge >= 0.3 is 0 Å². The standard InChI is InChI=1S/C17H24N4O2/c1-17(10-18)5-7-21(11-17)16(23)13-8-14(22)20(2)15(13)12-4-3-6-19-9-12/h3-4,6,9,13,15H,5,7-8,10-11,18H2,1-2H3. The maximum atomic E-state index is 13.0. The fraction of sp³-hybridized carbons (Fsp3) is 0.588. The van der Waals surface area contributed by atoms with Gasteiger partial charge in [0.05, 0.1) is 12.0 Å². The Kier molecular flexibility index (Phi) is 4.10. The number of hydrogen-bond acceptors (Lipinski definition) is 4. The average Bonchev–Trinajstić information content (AvgIpc) is 3.10. The summed E-state index contributed by atoms with van der Waals surface area (Å²) in [6.45, 7) is 4.09. The maximum absolute atomic E-state index is 13.0. The third-order valence-electron chi connectivity index (χ3n) is 5.29. The number of nitrogens with two attached hydrogens (primary N) is 1. The average molecular weight is 316 g/mol. The smallest absolute Gasteiger partial charge is 0.228 e. The Balaban J connectivity index is 1.83. The maximum Gasteiger partial charge on any atom is 0.228 e. The van der Waals surface area contributed by atoms with E-state index in [4.69, 9.17) is 5.73 Å². The molecule has 3 unspecified atom stereocenters. The molecule has 0 radical (unpaired) electrons. The first-order valence-corrected chi connectivity index (χ1v) is 8.10. The zero-order valence-electron chi connectivity index (χ0n) is 13.7. The lowest BCUT2D eigenvalue weighted by Gasteiger charge is -2.28. The van der Waals surface area contributed by atoms with Gasteiger partial charge in [-0.25, -0.2) is 0 Å². The molecule has 2 aliphatic rings. The summed E-state index contributed by atoms with van der Waals surface area (Å²) in [5.74, 6) is -0.261. The van der Waals surface area contributed by atoms with Gasteiger partial charge in [-0.15, -0.1) is 0 Å². The minimum absolute atomic E-state index is 0.00598. The van der Waals surface area contributed by atoms with E-state index in [2.05, 4.69) is 11.9 Å². The summed E-state index contributed by atoms with van der Waals surface area (Å²) in [5, 5.41) is 0. The normalized spacial score (nSPS) is 31.0.